The number of nitrogens with two attached hydrogens (primary N) is 1. The molecule has 138 valence electrons. The summed E-state index contributed by atoms with van der Waals surface area (Å²) in [6.07, 6.45) is 2.96. The molecule has 2 aromatic carbocycles. The highest BCUT2D eigenvalue weighted by Crippen LogP contribution is 2.26. The van der Waals surface area contributed by atoms with Gasteiger partial charge in [0.25, 0.3) is 5.91 Å². The van der Waals surface area contributed by atoms with Gasteiger partial charge in [-0.3, -0.25) is 4.79 Å². The zero-order chi connectivity index (χ0) is 18.7. The van der Waals surface area contributed by atoms with Gasteiger partial charge in [-0.05, 0) is 62.6 Å². The van der Waals surface area contributed by atoms with E-state index in [1.165, 1.54) is 6.07 Å². The van der Waals surface area contributed by atoms with Gasteiger partial charge in [0, 0.05) is 30.3 Å². The highest BCUT2D eigenvalue weighted by molar-refractivity contribution is 5.94. The van der Waals surface area contributed by atoms with Crippen LogP contribution in [0.5, 0.6) is 11.5 Å². The first-order chi connectivity index (χ1) is 12.5. The van der Waals surface area contributed by atoms with E-state index < -0.39 is 11.6 Å². The number of carbonyl (C=O) groups is 1. The number of carbonyl (C=O) groups excluding carboxylic acids is 1. The Kier molecular flexibility index (Phi) is 5.52. The molecule has 6 heteroatoms. The molecular weight excluding hydrogens is 338 g/mol. The van der Waals surface area contributed by atoms with Crippen LogP contribution in [0, 0.1) is 11.6 Å². The first-order valence-electron chi connectivity index (χ1n) is 8.75. The van der Waals surface area contributed by atoms with Crippen molar-refractivity contribution in [2.45, 2.75) is 38.3 Å². The molecule has 2 unspecified atom stereocenters. The molecule has 4 nitrogen and oxygen atoms in total. The molecule has 0 spiro atoms. The lowest BCUT2D eigenvalue weighted by Crippen LogP contribution is -2.51. The average molecular weight is 360 g/mol. The van der Waals surface area contributed by atoms with E-state index in [1.54, 1.807) is 24.3 Å². The molecule has 0 aliphatic carbocycles. The van der Waals surface area contributed by atoms with E-state index in [-0.39, 0.29) is 23.7 Å². The number of hydrogen-bond donors (Lipinski definition) is 1. The molecule has 0 radical (unpaired) electrons. The van der Waals surface area contributed by atoms with Crippen LogP contribution in [0.3, 0.4) is 0 Å². The van der Waals surface area contributed by atoms with Gasteiger partial charge in [0.15, 0.2) is 11.6 Å². The van der Waals surface area contributed by atoms with E-state index in [0.29, 0.717) is 17.9 Å². The van der Waals surface area contributed by atoms with Crippen LogP contribution in [0.4, 0.5) is 8.78 Å². The van der Waals surface area contributed by atoms with Crippen LogP contribution < -0.4 is 10.5 Å². The Balaban J connectivity index is 1.73. The Morgan fingerprint density at radius 1 is 1.19 bits per heavy atom. The zero-order valence-corrected chi connectivity index (χ0v) is 14.6. The van der Waals surface area contributed by atoms with E-state index >= 15 is 0 Å². The van der Waals surface area contributed by atoms with Crippen molar-refractivity contribution >= 4 is 5.91 Å². The highest BCUT2D eigenvalue weighted by Gasteiger charge is 2.29. The summed E-state index contributed by atoms with van der Waals surface area (Å²) in [4.78, 5) is 14.6. The standard InChI is InChI=1S/C20H22F2N2O2/c1-13(23)18-4-2-3-11-24(18)20(25)14-5-8-16(9-6-14)26-19-10-7-15(21)12-17(19)22/h5-10,12-13,18H,2-4,11,23H2,1H3. The Bertz CT molecular complexity index is 778. The van der Waals surface area contributed by atoms with Gasteiger partial charge in [0.05, 0.1) is 0 Å². The molecule has 2 atom stereocenters. The molecular formula is C20H22F2N2O2. The third kappa shape index (κ3) is 4.02. The van der Waals surface area contributed by atoms with Gasteiger partial charge in [0.2, 0.25) is 0 Å². The fourth-order valence-electron chi connectivity index (χ4n) is 3.27. The second-order valence-corrected chi connectivity index (χ2v) is 6.62. The SMILES string of the molecule is CC(N)C1CCCCN1C(=O)c1ccc(Oc2ccc(F)cc2F)cc1. The maximum absolute atomic E-state index is 13.7. The van der Waals surface area contributed by atoms with Gasteiger partial charge in [-0.25, -0.2) is 8.78 Å². The summed E-state index contributed by atoms with van der Waals surface area (Å²) in [5.41, 5.74) is 6.56. The molecule has 0 saturated carbocycles. The number of benzene rings is 2. The van der Waals surface area contributed by atoms with Gasteiger partial charge >= 0.3 is 0 Å². The lowest BCUT2D eigenvalue weighted by atomic mass is 9.96. The van der Waals surface area contributed by atoms with Gasteiger partial charge in [-0.15, -0.1) is 0 Å². The van der Waals surface area contributed by atoms with E-state index in [9.17, 15) is 13.6 Å². The number of amides is 1. The number of ether oxygens (including phenoxy) is 1. The molecule has 1 heterocycles. The molecule has 1 fully saturated rings. The Hall–Kier alpha value is -2.47. The van der Waals surface area contributed by atoms with Crippen LogP contribution in [-0.4, -0.2) is 29.4 Å². The monoisotopic (exact) mass is 360 g/mol. The number of hydrogen-bond acceptors (Lipinski definition) is 3. The predicted molar refractivity (Wildman–Crippen MR) is 95.2 cm³/mol. The van der Waals surface area contributed by atoms with Gasteiger partial charge in [-0.1, -0.05) is 0 Å². The van der Waals surface area contributed by atoms with E-state index in [4.69, 9.17) is 10.5 Å². The number of rotatable bonds is 4. The fourth-order valence-corrected chi connectivity index (χ4v) is 3.27. The van der Waals surface area contributed by atoms with Crippen molar-refractivity contribution in [3.63, 3.8) is 0 Å². The van der Waals surface area contributed by atoms with E-state index in [1.807, 2.05) is 11.8 Å². The van der Waals surface area contributed by atoms with Crippen LogP contribution >= 0.6 is 0 Å². The topological polar surface area (TPSA) is 55.6 Å². The molecule has 3 rings (SSSR count). The molecule has 1 aliphatic rings. The van der Waals surface area contributed by atoms with Crippen molar-refractivity contribution in [2.75, 3.05) is 6.54 Å². The normalized spacial score (nSPS) is 18.5. The number of halogens is 2. The molecule has 2 aromatic rings. The van der Waals surface area contributed by atoms with Crippen LogP contribution in [-0.2, 0) is 0 Å². The minimum absolute atomic E-state index is 0.0421. The smallest absolute Gasteiger partial charge is 0.254 e. The van der Waals surface area contributed by atoms with Gasteiger partial charge in [-0.2, -0.15) is 0 Å². The Labute approximate surface area is 151 Å². The lowest BCUT2D eigenvalue weighted by molar-refractivity contribution is 0.0584. The maximum Gasteiger partial charge on any atom is 0.254 e. The second-order valence-electron chi connectivity index (χ2n) is 6.62. The predicted octanol–water partition coefficient (Wildman–Crippen LogP) is 4.10. The Morgan fingerprint density at radius 2 is 1.92 bits per heavy atom. The summed E-state index contributed by atoms with van der Waals surface area (Å²) < 4.78 is 32.0. The maximum atomic E-state index is 13.7. The lowest BCUT2D eigenvalue weighted by Gasteiger charge is -2.38. The summed E-state index contributed by atoms with van der Waals surface area (Å²) in [7, 11) is 0. The number of likely N-dealkylation sites (tertiary alicyclic amines) is 1. The van der Waals surface area contributed by atoms with E-state index in [0.717, 1.165) is 31.4 Å². The molecule has 26 heavy (non-hydrogen) atoms. The third-order valence-corrected chi connectivity index (χ3v) is 4.64. The molecule has 2 N–H and O–H groups in total. The second kappa shape index (κ2) is 7.83. The highest BCUT2D eigenvalue weighted by atomic mass is 19.1. The minimum atomic E-state index is -0.779. The van der Waals surface area contributed by atoms with Crippen LogP contribution in [0.25, 0.3) is 0 Å². The van der Waals surface area contributed by atoms with Crippen molar-refractivity contribution in [3.8, 4) is 11.5 Å². The van der Waals surface area contributed by atoms with Crippen molar-refractivity contribution in [1.82, 2.24) is 4.90 Å². The molecule has 1 aliphatic heterocycles. The van der Waals surface area contributed by atoms with Gasteiger partial charge in [0.1, 0.15) is 11.6 Å². The third-order valence-electron chi connectivity index (χ3n) is 4.64. The fraction of sp³-hybridized carbons (Fsp3) is 0.350. The summed E-state index contributed by atoms with van der Waals surface area (Å²) in [5.74, 6) is -1.21. The van der Waals surface area contributed by atoms with Crippen LogP contribution in [0.1, 0.15) is 36.5 Å². The number of piperidine rings is 1. The van der Waals surface area contributed by atoms with Crippen molar-refractivity contribution in [3.05, 3.63) is 59.7 Å². The average Bonchev–Trinajstić information content (AvgIpc) is 2.64. The molecule has 0 bridgehead atoms. The molecule has 1 saturated heterocycles. The summed E-state index contributed by atoms with van der Waals surface area (Å²) in [6, 6.07) is 9.56. The van der Waals surface area contributed by atoms with Gasteiger partial charge < -0.3 is 15.4 Å². The minimum Gasteiger partial charge on any atom is -0.454 e. The summed E-state index contributed by atoms with van der Waals surface area (Å²) in [6.45, 7) is 2.62. The van der Waals surface area contributed by atoms with Crippen LogP contribution in [0.15, 0.2) is 42.5 Å². The van der Waals surface area contributed by atoms with Crippen LogP contribution in [0.2, 0.25) is 0 Å². The van der Waals surface area contributed by atoms with Crippen molar-refractivity contribution in [1.29, 1.82) is 0 Å². The number of nitrogens with zero attached hydrogens (tertiary/aromatic N) is 1. The quantitative estimate of drug-likeness (QED) is 0.893. The zero-order valence-electron chi connectivity index (χ0n) is 14.6. The summed E-state index contributed by atoms with van der Waals surface area (Å²) >= 11 is 0. The Morgan fingerprint density at radius 3 is 2.58 bits per heavy atom. The first-order valence-corrected chi connectivity index (χ1v) is 8.75. The summed E-state index contributed by atoms with van der Waals surface area (Å²) in [5, 5.41) is 0. The van der Waals surface area contributed by atoms with Crippen molar-refractivity contribution in [2.24, 2.45) is 5.73 Å². The first kappa shape index (κ1) is 18.3. The largest absolute Gasteiger partial charge is 0.454 e. The van der Waals surface area contributed by atoms with E-state index in [2.05, 4.69) is 0 Å². The molecule has 0 aromatic heterocycles. The van der Waals surface area contributed by atoms with Crippen molar-refractivity contribution < 1.29 is 18.3 Å². The molecule has 1 amide bonds.